The van der Waals surface area contributed by atoms with Crippen LogP contribution in [0.2, 0.25) is 0 Å². The highest BCUT2D eigenvalue weighted by Crippen LogP contribution is 2.28. The SMILES string of the molecule is CCN(Cc1ccc(OC)c(OC)c1)C(=O)c1ccccc1Br. The van der Waals surface area contributed by atoms with Crippen molar-refractivity contribution in [3.8, 4) is 11.5 Å². The smallest absolute Gasteiger partial charge is 0.255 e. The molecular weight excluding hydrogens is 358 g/mol. The van der Waals surface area contributed by atoms with E-state index in [0.29, 0.717) is 30.2 Å². The highest BCUT2D eigenvalue weighted by atomic mass is 79.9. The molecule has 23 heavy (non-hydrogen) atoms. The van der Waals surface area contributed by atoms with Crippen LogP contribution < -0.4 is 9.47 Å². The number of rotatable bonds is 6. The van der Waals surface area contributed by atoms with Gasteiger partial charge in [0.1, 0.15) is 0 Å². The second-order valence-electron chi connectivity index (χ2n) is 4.99. The number of methoxy groups -OCH3 is 2. The van der Waals surface area contributed by atoms with E-state index in [4.69, 9.17) is 9.47 Å². The monoisotopic (exact) mass is 377 g/mol. The highest BCUT2D eigenvalue weighted by molar-refractivity contribution is 9.10. The van der Waals surface area contributed by atoms with Crippen LogP contribution in [0, 0.1) is 0 Å². The Morgan fingerprint density at radius 3 is 2.39 bits per heavy atom. The Labute approximate surface area is 145 Å². The maximum atomic E-state index is 12.7. The normalized spacial score (nSPS) is 10.3. The molecule has 0 unspecified atom stereocenters. The standard InChI is InChI=1S/C18H20BrNO3/c1-4-20(18(21)14-7-5-6-8-15(14)19)12-13-9-10-16(22-2)17(11-13)23-3/h5-11H,4,12H2,1-3H3. The zero-order valence-electron chi connectivity index (χ0n) is 13.5. The maximum absolute atomic E-state index is 12.7. The largest absolute Gasteiger partial charge is 0.493 e. The predicted molar refractivity (Wildman–Crippen MR) is 94.1 cm³/mol. The van der Waals surface area contributed by atoms with Crippen molar-refractivity contribution in [2.45, 2.75) is 13.5 Å². The van der Waals surface area contributed by atoms with Crippen LogP contribution in [-0.4, -0.2) is 31.6 Å². The third kappa shape index (κ3) is 4.05. The molecule has 0 saturated heterocycles. The third-order valence-electron chi connectivity index (χ3n) is 3.59. The van der Waals surface area contributed by atoms with Crippen molar-refractivity contribution in [3.63, 3.8) is 0 Å². The van der Waals surface area contributed by atoms with Gasteiger partial charge in [0.25, 0.3) is 5.91 Å². The summed E-state index contributed by atoms with van der Waals surface area (Å²) in [6.45, 7) is 3.10. The summed E-state index contributed by atoms with van der Waals surface area (Å²) in [4.78, 5) is 14.5. The zero-order valence-corrected chi connectivity index (χ0v) is 15.1. The Kier molecular flexibility index (Phi) is 6.04. The molecule has 0 aliphatic rings. The molecule has 0 aliphatic carbocycles. The molecule has 0 bridgehead atoms. The molecule has 0 heterocycles. The van der Waals surface area contributed by atoms with Crippen LogP contribution in [0.4, 0.5) is 0 Å². The maximum Gasteiger partial charge on any atom is 0.255 e. The minimum atomic E-state index is -0.00485. The van der Waals surface area contributed by atoms with Gasteiger partial charge in [0.2, 0.25) is 0 Å². The van der Waals surface area contributed by atoms with Gasteiger partial charge in [-0.1, -0.05) is 18.2 Å². The van der Waals surface area contributed by atoms with Crippen molar-refractivity contribution in [2.24, 2.45) is 0 Å². The van der Waals surface area contributed by atoms with Crippen LogP contribution in [0.15, 0.2) is 46.9 Å². The fourth-order valence-corrected chi connectivity index (χ4v) is 2.79. The summed E-state index contributed by atoms with van der Waals surface area (Å²) in [7, 11) is 3.21. The van der Waals surface area contributed by atoms with E-state index < -0.39 is 0 Å². The van der Waals surface area contributed by atoms with E-state index in [1.54, 1.807) is 19.1 Å². The van der Waals surface area contributed by atoms with Gasteiger partial charge in [-0.3, -0.25) is 4.79 Å². The first-order valence-electron chi connectivity index (χ1n) is 7.35. The average molecular weight is 378 g/mol. The van der Waals surface area contributed by atoms with E-state index in [9.17, 15) is 4.79 Å². The van der Waals surface area contributed by atoms with E-state index >= 15 is 0 Å². The first-order chi connectivity index (χ1) is 11.1. The molecule has 5 heteroatoms. The number of carbonyl (C=O) groups excluding carboxylic acids is 1. The van der Waals surface area contributed by atoms with Gasteiger partial charge in [0.15, 0.2) is 11.5 Å². The lowest BCUT2D eigenvalue weighted by Crippen LogP contribution is -2.30. The van der Waals surface area contributed by atoms with E-state index in [1.807, 2.05) is 49.4 Å². The van der Waals surface area contributed by atoms with Crippen LogP contribution in [-0.2, 0) is 6.54 Å². The Hall–Kier alpha value is -2.01. The van der Waals surface area contributed by atoms with Crippen LogP contribution in [0.1, 0.15) is 22.8 Å². The predicted octanol–water partition coefficient (Wildman–Crippen LogP) is 4.13. The molecule has 2 aromatic carbocycles. The Bertz CT molecular complexity index is 688. The lowest BCUT2D eigenvalue weighted by Gasteiger charge is -2.22. The van der Waals surface area contributed by atoms with Crippen molar-refractivity contribution in [1.82, 2.24) is 4.90 Å². The summed E-state index contributed by atoms with van der Waals surface area (Å²) < 4.78 is 11.4. The first kappa shape index (κ1) is 17.3. The van der Waals surface area contributed by atoms with Crippen molar-refractivity contribution in [1.29, 1.82) is 0 Å². The van der Waals surface area contributed by atoms with Gasteiger partial charge in [0, 0.05) is 17.6 Å². The van der Waals surface area contributed by atoms with Crippen molar-refractivity contribution >= 4 is 21.8 Å². The van der Waals surface area contributed by atoms with Gasteiger partial charge in [0.05, 0.1) is 19.8 Å². The molecular formula is C18H20BrNO3. The number of carbonyl (C=O) groups is 1. The molecule has 0 atom stereocenters. The van der Waals surface area contributed by atoms with E-state index in [1.165, 1.54) is 0 Å². The van der Waals surface area contributed by atoms with E-state index in [0.717, 1.165) is 10.0 Å². The molecule has 4 nitrogen and oxygen atoms in total. The summed E-state index contributed by atoms with van der Waals surface area (Å²) in [5, 5.41) is 0. The van der Waals surface area contributed by atoms with Crippen molar-refractivity contribution in [3.05, 3.63) is 58.1 Å². The summed E-state index contributed by atoms with van der Waals surface area (Å²) in [6.07, 6.45) is 0. The molecule has 0 radical (unpaired) electrons. The molecule has 0 aromatic heterocycles. The lowest BCUT2D eigenvalue weighted by molar-refractivity contribution is 0.0751. The first-order valence-corrected chi connectivity index (χ1v) is 8.14. The van der Waals surface area contributed by atoms with Gasteiger partial charge in [-0.15, -0.1) is 0 Å². The minimum absolute atomic E-state index is 0.00485. The summed E-state index contributed by atoms with van der Waals surface area (Å²) in [5.74, 6) is 1.33. The molecule has 2 rings (SSSR count). The Morgan fingerprint density at radius 1 is 1.09 bits per heavy atom. The molecule has 1 amide bonds. The number of ether oxygens (including phenoxy) is 2. The minimum Gasteiger partial charge on any atom is -0.493 e. The van der Waals surface area contributed by atoms with Gasteiger partial charge >= 0.3 is 0 Å². The Morgan fingerprint density at radius 2 is 1.78 bits per heavy atom. The number of amides is 1. The number of halogens is 1. The van der Waals surface area contributed by atoms with Gasteiger partial charge in [-0.25, -0.2) is 0 Å². The highest BCUT2D eigenvalue weighted by Gasteiger charge is 2.17. The van der Waals surface area contributed by atoms with Crippen LogP contribution in [0.25, 0.3) is 0 Å². The third-order valence-corrected chi connectivity index (χ3v) is 4.29. The van der Waals surface area contributed by atoms with Gasteiger partial charge in [-0.05, 0) is 52.7 Å². The van der Waals surface area contributed by atoms with Crippen molar-refractivity contribution < 1.29 is 14.3 Å². The molecule has 0 aliphatic heterocycles. The molecule has 2 aromatic rings. The molecule has 0 spiro atoms. The van der Waals surface area contributed by atoms with Crippen LogP contribution in [0.5, 0.6) is 11.5 Å². The lowest BCUT2D eigenvalue weighted by atomic mass is 10.1. The number of nitrogens with zero attached hydrogens (tertiary/aromatic N) is 1. The van der Waals surface area contributed by atoms with E-state index in [2.05, 4.69) is 15.9 Å². The second kappa shape index (κ2) is 8.02. The molecule has 0 saturated carbocycles. The summed E-state index contributed by atoms with van der Waals surface area (Å²) in [6, 6.07) is 13.1. The number of hydrogen-bond donors (Lipinski definition) is 0. The van der Waals surface area contributed by atoms with Gasteiger partial charge in [-0.2, -0.15) is 0 Å². The summed E-state index contributed by atoms with van der Waals surface area (Å²) in [5.41, 5.74) is 1.65. The van der Waals surface area contributed by atoms with Crippen molar-refractivity contribution in [2.75, 3.05) is 20.8 Å². The van der Waals surface area contributed by atoms with Crippen LogP contribution >= 0.6 is 15.9 Å². The van der Waals surface area contributed by atoms with Gasteiger partial charge < -0.3 is 14.4 Å². The molecule has 0 N–H and O–H groups in total. The Balaban J connectivity index is 2.23. The quantitative estimate of drug-likeness (QED) is 0.759. The summed E-state index contributed by atoms with van der Waals surface area (Å²) >= 11 is 3.44. The molecule has 122 valence electrons. The van der Waals surface area contributed by atoms with Crippen LogP contribution in [0.3, 0.4) is 0 Å². The molecule has 0 fully saturated rings. The average Bonchev–Trinajstić information content (AvgIpc) is 2.59. The number of hydrogen-bond acceptors (Lipinski definition) is 3. The second-order valence-corrected chi connectivity index (χ2v) is 5.84. The fraction of sp³-hybridized carbons (Fsp3) is 0.278. The fourth-order valence-electron chi connectivity index (χ4n) is 2.33. The number of benzene rings is 2. The van der Waals surface area contributed by atoms with E-state index in [-0.39, 0.29) is 5.91 Å². The topological polar surface area (TPSA) is 38.8 Å². The zero-order chi connectivity index (χ0) is 16.8.